The highest BCUT2D eigenvalue weighted by Crippen LogP contribution is 2.55. The average molecular weight is 745 g/mol. The van der Waals surface area contributed by atoms with Gasteiger partial charge < -0.3 is 89.0 Å². The highest BCUT2D eigenvalue weighted by Gasteiger charge is 2.48. The van der Waals surface area contributed by atoms with Gasteiger partial charge in [-0.1, -0.05) is 0 Å². The SMILES string of the molecule is COc1cc([C@H]2c3c(cc(OC)c(O[C@@H]4O[C@H](CO)[C@@H](O)[C@H](O)[C@H]4O)c3OC)C[C@@H](CO)[C@@H]2CO)cc(OC)c1O[C@@H]1O[C@H](CO)[C@@H](O)[C@H](O)[C@H]1O. The van der Waals surface area contributed by atoms with E-state index in [1.807, 2.05) is 0 Å². The Morgan fingerprint density at radius 3 is 1.46 bits per heavy atom. The molecule has 0 unspecified atom stereocenters. The summed E-state index contributed by atoms with van der Waals surface area (Å²) in [5.41, 5.74) is 1.59. The molecular formula is C34H48O18. The molecule has 10 N–H and O–H groups in total. The summed E-state index contributed by atoms with van der Waals surface area (Å²) in [7, 11) is 5.40. The van der Waals surface area contributed by atoms with E-state index in [4.69, 9.17) is 37.9 Å². The van der Waals surface area contributed by atoms with Crippen molar-refractivity contribution in [2.45, 2.75) is 73.8 Å². The van der Waals surface area contributed by atoms with Crippen molar-refractivity contribution in [2.75, 3.05) is 54.9 Å². The number of fused-ring (bicyclic) bond motifs is 1. The van der Waals surface area contributed by atoms with Crippen LogP contribution in [0.1, 0.15) is 22.6 Å². The number of ether oxygens (including phenoxy) is 8. The molecule has 2 aliphatic heterocycles. The second-order valence-corrected chi connectivity index (χ2v) is 12.9. The van der Waals surface area contributed by atoms with Crippen molar-refractivity contribution in [3.05, 3.63) is 34.9 Å². The molecule has 0 aromatic heterocycles. The lowest BCUT2D eigenvalue weighted by atomic mass is 9.66. The number of benzene rings is 2. The monoisotopic (exact) mass is 744 g/mol. The van der Waals surface area contributed by atoms with E-state index in [9.17, 15) is 51.1 Å². The maximum atomic E-state index is 10.8. The first-order chi connectivity index (χ1) is 24.9. The van der Waals surface area contributed by atoms with Gasteiger partial charge in [0, 0.05) is 24.7 Å². The van der Waals surface area contributed by atoms with Crippen molar-refractivity contribution >= 4 is 0 Å². The van der Waals surface area contributed by atoms with E-state index in [1.54, 1.807) is 18.2 Å². The molecular weight excluding hydrogens is 696 g/mol. The molecule has 13 atom stereocenters. The zero-order chi connectivity index (χ0) is 38.0. The third kappa shape index (κ3) is 7.18. The normalized spacial score (nSPS) is 34.6. The number of rotatable bonds is 13. The summed E-state index contributed by atoms with van der Waals surface area (Å²) in [5, 5.41) is 103. The van der Waals surface area contributed by atoms with E-state index in [2.05, 4.69) is 0 Å². The Kier molecular flexibility index (Phi) is 12.9. The molecule has 52 heavy (non-hydrogen) atoms. The van der Waals surface area contributed by atoms with Crippen molar-refractivity contribution in [3.63, 3.8) is 0 Å². The molecule has 0 amide bonds. The van der Waals surface area contributed by atoms with Gasteiger partial charge in [-0.05, 0) is 47.6 Å². The minimum Gasteiger partial charge on any atom is -0.493 e. The van der Waals surface area contributed by atoms with Gasteiger partial charge in [-0.2, -0.15) is 0 Å². The maximum Gasteiger partial charge on any atom is 0.229 e. The van der Waals surface area contributed by atoms with Crippen molar-refractivity contribution in [1.82, 2.24) is 0 Å². The second-order valence-electron chi connectivity index (χ2n) is 12.9. The number of hydrogen-bond donors (Lipinski definition) is 10. The third-order valence-electron chi connectivity index (χ3n) is 10.0. The molecule has 292 valence electrons. The van der Waals surface area contributed by atoms with Crippen LogP contribution in [-0.4, -0.2) is 167 Å². The van der Waals surface area contributed by atoms with Crippen LogP contribution in [-0.2, 0) is 15.9 Å². The number of methoxy groups -OCH3 is 4. The van der Waals surface area contributed by atoms with Gasteiger partial charge in [0.2, 0.25) is 24.1 Å². The summed E-state index contributed by atoms with van der Waals surface area (Å²) >= 11 is 0. The summed E-state index contributed by atoms with van der Waals surface area (Å²) in [6.07, 6.45) is -15.6. The van der Waals surface area contributed by atoms with Crippen molar-refractivity contribution in [2.24, 2.45) is 11.8 Å². The smallest absolute Gasteiger partial charge is 0.229 e. The summed E-state index contributed by atoms with van der Waals surface area (Å²) in [6.45, 7) is -2.07. The molecule has 2 aromatic rings. The first-order valence-corrected chi connectivity index (χ1v) is 16.6. The highest BCUT2D eigenvalue weighted by atomic mass is 16.7. The molecule has 0 bridgehead atoms. The van der Waals surface area contributed by atoms with Gasteiger partial charge in [0.15, 0.2) is 23.0 Å². The molecule has 2 saturated heterocycles. The Morgan fingerprint density at radius 1 is 0.558 bits per heavy atom. The Morgan fingerprint density at radius 2 is 1.04 bits per heavy atom. The predicted octanol–water partition coefficient (Wildman–Crippen LogP) is -3.02. The second kappa shape index (κ2) is 16.8. The van der Waals surface area contributed by atoms with Crippen LogP contribution in [0.25, 0.3) is 0 Å². The molecule has 0 spiro atoms. The zero-order valence-electron chi connectivity index (χ0n) is 29.0. The number of aliphatic hydroxyl groups excluding tert-OH is 10. The zero-order valence-corrected chi connectivity index (χ0v) is 29.0. The molecule has 18 nitrogen and oxygen atoms in total. The van der Waals surface area contributed by atoms with E-state index in [0.717, 1.165) is 0 Å². The fourth-order valence-corrected chi connectivity index (χ4v) is 7.20. The minimum absolute atomic E-state index is 0.0564. The van der Waals surface area contributed by atoms with Crippen molar-refractivity contribution in [3.8, 4) is 34.5 Å². The van der Waals surface area contributed by atoms with E-state index in [1.165, 1.54) is 28.4 Å². The maximum absolute atomic E-state index is 10.8. The van der Waals surface area contributed by atoms with Crippen LogP contribution in [0.4, 0.5) is 0 Å². The van der Waals surface area contributed by atoms with Crippen LogP contribution in [0.15, 0.2) is 18.2 Å². The molecule has 2 fully saturated rings. The fourth-order valence-electron chi connectivity index (χ4n) is 7.20. The summed E-state index contributed by atoms with van der Waals surface area (Å²) in [6, 6.07) is 4.78. The molecule has 0 saturated carbocycles. The van der Waals surface area contributed by atoms with E-state index < -0.39 is 99.0 Å². The van der Waals surface area contributed by atoms with Crippen LogP contribution in [0, 0.1) is 11.8 Å². The van der Waals surface area contributed by atoms with Gasteiger partial charge in [-0.15, -0.1) is 0 Å². The summed E-state index contributed by atoms with van der Waals surface area (Å²) < 4.78 is 46.1. The molecule has 2 heterocycles. The summed E-state index contributed by atoms with van der Waals surface area (Å²) in [4.78, 5) is 0. The lowest BCUT2D eigenvalue weighted by Gasteiger charge is -2.42. The lowest BCUT2D eigenvalue weighted by molar-refractivity contribution is -0.277. The van der Waals surface area contributed by atoms with Gasteiger partial charge in [0.25, 0.3) is 0 Å². The predicted molar refractivity (Wildman–Crippen MR) is 175 cm³/mol. The Balaban J connectivity index is 1.64. The van der Waals surface area contributed by atoms with Crippen LogP contribution in [0.5, 0.6) is 34.5 Å². The van der Waals surface area contributed by atoms with Gasteiger partial charge in [0.05, 0.1) is 41.7 Å². The quantitative estimate of drug-likeness (QED) is 0.0978. The van der Waals surface area contributed by atoms with Crippen LogP contribution in [0.3, 0.4) is 0 Å². The summed E-state index contributed by atoms with van der Waals surface area (Å²) in [5.74, 6) is -1.72. The van der Waals surface area contributed by atoms with Crippen molar-refractivity contribution < 1.29 is 89.0 Å². The highest BCUT2D eigenvalue weighted by molar-refractivity contribution is 5.65. The Labute approximate surface area is 298 Å². The molecule has 0 radical (unpaired) electrons. The average Bonchev–Trinajstić information content (AvgIpc) is 3.16. The number of hydrogen-bond acceptors (Lipinski definition) is 18. The van der Waals surface area contributed by atoms with Gasteiger partial charge in [0.1, 0.15) is 48.8 Å². The molecule has 5 rings (SSSR count). The van der Waals surface area contributed by atoms with Crippen LogP contribution >= 0.6 is 0 Å². The third-order valence-corrected chi connectivity index (χ3v) is 10.0. The largest absolute Gasteiger partial charge is 0.493 e. The molecule has 1 aliphatic carbocycles. The lowest BCUT2D eigenvalue weighted by Crippen LogP contribution is -2.60. The van der Waals surface area contributed by atoms with E-state index in [0.29, 0.717) is 16.7 Å². The number of aliphatic hydroxyl groups is 10. The molecule has 18 heteroatoms. The van der Waals surface area contributed by atoms with Crippen molar-refractivity contribution in [1.29, 1.82) is 0 Å². The van der Waals surface area contributed by atoms with Gasteiger partial charge >= 0.3 is 0 Å². The molecule has 2 aromatic carbocycles. The van der Waals surface area contributed by atoms with Gasteiger partial charge in [-0.25, -0.2) is 0 Å². The first-order valence-electron chi connectivity index (χ1n) is 16.6. The molecule has 3 aliphatic rings. The van der Waals surface area contributed by atoms with Gasteiger partial charge in [-0.3, -0.25) is 0 Å². The topological polar surface area (TPSA) is 276 Å². The van der Waals surface area contributed by atoms with E-state index in [-0.39, 0.29) is 47.5 Å². The first kappa shape index (κ1) is 40.0. The Bertz CT molecular complexity index is 1480. The van der Waals surface area contributed by atoms with E-state index >= 15 is 0 Å². The van der Waals surface area contributed by atoms with Crippen LogP contribution < -0.4 is 28.4 Å². The Hall–Kier alpha value is -3.24. The standard InChI is InChI=1S/C34H48O18/c1-45-17-7-14(8-18(46-2)30(17)51-33-28(43)26(41)24(39)20(11-37)49-33)22-16(10-36)15(9-35)5-13-6-19(47-3)31(32(48-4)23(13)22)52-34-29(44)27(42)25(40)21(12-38)50-34/h6-8,15-16,20-22,24-29,33-44H,5,9-12H2,1-4H3/t15-,16-,20+,21+,22+,24+,25+,26-,27-,28+,29+,33-,34-/m0/s1. The fraction of sp³-hybridized carbons (Fsp3) is 0.647. The van der Waals surface area contributed by atoms with Crippen LogP contribution in [0.2, 0.25) is 0 Å². The minimum atomic E-state index is -1.76.